The number of thioether (sulfide) groups is 1. The van der Waals surface area contributed by atoms with Gasteiger partial charge in [0.25, 0.3) is 0 Å². The van der Waals surface area contributed by atoms with Gasteiger partial charge in [-0.05, 0) is 157 Å². The number of allylic oxidation sites excluding steroid dienone is 5. The summed E-state index contributed by atoms with van der Waals surface area (Å²) in [6, 6.07) is 7.25. The van der Waals surface area contributed by atoms with E-state index in [9.17, 15) is 15.2 Å². The smallest absolute Gasteiger partial charge is 0.313 e. The molecular formula is C55H84N4O3SSi. The summed E-state index contributed by atoms with van der Waals surface area (Å²) >= 11 is 2.11. The Kier molecular flexibility index (Phi) is 12.8. The first-order valence-electron chi connectivity index (χ1n) is 25.4. The van der Waals surface area contributed by atoms with Gasteiger partial charge < -0.3 is 20.1 Å². The molecule has 2 heterocycles. The standard InChI is InChI=1S/C55H84N4O3SSi/c1-37(2)40-19-25-55(57-28-29-59-30-32-63-33-31-59)27-26-52(9)42(47(40)55)16-17-44-51(8)22-20-41(50(6,7)43(51)21-23-53(44,52)10)38-18-24-54(48(60)61,45(34-38)64(11,12)49(3,4)5)36-62-46-15-13-14-39(35-56)58-46/h13-15,20,34,40,42-45,47,57H,1,16-19,21-33,36H2,2-12H3,(H,60,61)/t40-,42+,43-,44+,45?,47+,51-,52+,53+,54?,55-/m0/s1. The third-order valence-corrected chi connectivity index (χ3v) is 28.3. The molecule has 0 aromatic carbocycles. The summed E-state index contributed by atoms with van der Waals surface area (Å²) in [5.74, 6) is 5.33. The average Bonchev–Trinajstić information content (AvgIpc) is 3.63. The van der Waals surface area contributed by atoms with E-state index in [0.29, 0.717) is 41.4 Å². The molecule has 0 radical (unpaired) electrons. The molecule has 11 atom stereocenters. The van der Waals surface area contributed by atoms with Crippen LogP contribution in [0.1, 0.15) is 139 Å². The number of fused-ring (bicyclic) bond motifs is 7. The molecule has 352 valence electrons. The van der Waals surface area contributed by atoms with Crippen molar-refractivity contribution < 1.29 is 14.6 Å². The molecule has 1 saturated heterocycles. The number of pyridine rings is 1. The van der Waals surface area contributed by atoms with E-state index in [1.165, 1.54) is 99.2 Å². The summed E-state index contributed by atoms with van der Waals surface area (Å²) in [6.45, 7) is 36.9. The van der Waals surface area contributed by atoms with Crippen molar-refractivity contribution in [2.24, 2.45) is 56.7 Å². The maximum absolute atomic E-state index is 13.8. The van der Waals surface area contributed by atoms with Crippen LogP contribution >= 0.6 is 11.8 Å². The number of carboxylic acids is 1. The molecule has 9 heteroatoms. The van der Waals surface area contributed by atoms with Crippen LogP contribution < -0.4 is 10.1 Å². The molecule has 7 aliphatic rings. The number of carboxylic acid groups (broad SMARTS) is 1. The van der Waals surface area contributed by atoms with Gasteiger partial charge in [-0.2, -0.15) is 17.0 Å². The molecule has 0 amide bonds. The van der Waals surface area contributed by atoms with Crippen molar-refractivity contribution in [3.8, 4) is 11.9 Å². The van der Waals surface area contributed by atoms with Crippen molar-refractivity contribution in [1.82, 2.24) is 15.2 Å². The minimum Gasteiger partial charge on any atom is -0.481 e. The van der Waals surface area contributed by atoms with Crippen molar-refractivity contribution in [2.75, 3.05) is 44.3 Å². The van der Waals surface area contributed by atoms with Gasteiger partial charge >= 0.3 is 5.97 Å². The van der Waals surface area contributed by atoms with Crippen LogP contribution in [0.15, 0.2) is 53.6 Å². The summed E-state index contributed by atoms with van der Waals surface area (Å²) < 4.78 is 6.31. The van der Waals surface area contributed by atoms with Gasteiger partial charge in [0.15, 0.2) is 0 Å². The normalized spacial score (nSPS) is 39.8. The van der Waals surface area contributed by atoms with Crippen molar-refractivity contribution in [3.63, 3.8) is 0 Å². The minimum absolute atomic E-state index is 0.0353. The molecule has 1 aromatic rings. The number of nitriles is 1. The third kappa shape index (κ3) is 7.56. The molecule has 2 N–H and O–H groups in total. The number of hydrogen-bond donors (Lipinski definition) is 2. The Hall–Kier alpha value is -2.38. The van der Waals surface area contributed by atoms with Crippen molar-refractivity contribution in [2.45, 2.75) is 162 Å². The molecule has 6 aliphatic carbocycles. The number of hydrogen-bond acceptors (Lipinski definition) is 7. The number of nitrogens with zero attached hydrogens (tertiary/aromatic N) is 3. The van der Waals surface area contributed by atoms with Gasteiger partial charge in [0, 0.05) is 49.3 Å². The van der Waals surface area contributed by atoms with E-state index in [2.05, 4.69) is 127 Å². The van der Waals surface area contributed by atoms with Gasteiger partial charge in [0.05, 0.1) is 8.07 Å². The average molecular weight is 909 g/mol. The van der Waals surface area contributed by atoms with E-state index >= 15 is 0 Å². The van der Waals surface area contributed by atoms with Crippen LogP contribution in [0.5, 0.6) is 5.88 Å². The number of ether oxygens (including phenoxy) is 1. The largest absolute Gasteiger partial charge is 0.481 e. The summed E-state index contributed by atoms with van der Waals surface area (Å²) in [4.78, 5) is 20.8. The molecule has 1 aromatic heterocycles. The van der Waals surface area contributed by atoms with Crippen LogP contribution in [-0.2, 0) is 4.79 Å². The molecule has 64 heavy (non-hydrogen) atoms. The van der Waals surface area contributed by atoms with Crippen LogP contribution in [0.4, 0.5) is 0 Å². The van der Waals surface area contributed by atoms with Crippen molar-refractivity contribution in [1.29, 1.82) is 5.26 Å². The molecule has 4 saturated carbocycles. The summed E-state index contributed by atoms with van der Waals surface area (Å²) in [6.07, 6.45) is 17.9. The van der Waals surface area contributed by atoms with Gasteiger partial charge in [-0.15, -0.1) is 0 Å². The maximum Gasteiger partial charge on any atom is 0.313 e. The molecule has 7 nitrogen and oxygen atoms in total. The van der Waals surface area contributed by atoms with E-state index < -0.39 is 19.5 Å². The number of carbonyl (C=O) groups is 1. The second kappa shape index (κ2) is 17.0. The predicted octanol–water partition coefficient (Wildman–Crippen LogP) is 12.6. The highest BCUT2D eigenvalue weighted by atomic mass is 32.2. The molecule has 1 aliphatic heterocycles. The lowest BCUT2D eigenvalue weighted by molar-refractivity contribution is -0.221. The fourth-order valence-electron chi connectivity index (χ4n) is 16.7. The highest BCUT2D eigenvalue weighted by Gasteiger charge is 2.70. The zero-order valence-electron chi connectivity index (χ0n) is 41.8. The van der Waals surface area contributed by atoms with E-state index in [0.717, 1.165) is 25.3 Å². The zero-order chi connectivity index (χ0) is 46.3. The van der Waals surface area contributed by atoms with Gasteiger partial charge in [0.2, 0.25) is 5.88 Å². The lowest BCUT2D eigenvalue weighted by Crippen LogP contribution is -2.68. The summed E-state index contributed by atoms with van der Waals surface area (Å²) in [5.41, 5.74) is 4.31. The Morgan fingerprint density at radius 2 is 1.75 bits per heavy atom. The fourth-order valence-corrected chi connectivity index (χ4v) is 20.9. The van der Waals surface area contributed by atoms with E-state index in [-0.39, 0.29) is 44.7 Å². The first kappa shape index (κ1) is 48.1. The number of nitrogens with one attached hydrogen (secondary N) is 1. The second-order valence-corrected chi connectivity index (χ2v) is 31.9. The molecule has 2 unspecified atom stereocenters. The number of rotatable bonds is 11. The van der Waals surface area contributed by atoms with Crippen LogP contribution in [0, 0.1) is 68.0 Å². The highest BCUT2D eigenvalue weighted by Crippen LogP contribution is 2.77. The SMILES string of the molecule is C=C(C)[C@@H]1CC[C@]2(NCCN3CCSCC3)CC[C@]3(C)[C@H](CC[C@@H]4[C@@]5(C)CC=C(C6=CC([Si](C)(C)C(C)(C)C)C(COc7cccc(C#N)n7)(C(=O)O)CC6)C(C)(C)[C@@H]5CC[C@]43C)[C@@H]12. The molecule has 0 bridgehead atoms. The second-order valence-electron chi connectivity index (χ2n) is 25.1. The first-order valence-corrected chi connectivity index (χ1v) is 29.6. The predicted molar refractivity (Wildman–Crippen MR) is 267 cm³/mol. The van der Waals surface area contributed by atoms with Gasteiger partial charge in [-0.3, -0.25) is 4.79 Å². The van der Waals surface area contributed by atoms with E-state index in [4.69, 9.17) is 4.74 Å². The fraction of sp³-hybridized carbons (Fsp3) is 0.764. The highest BCUT2D eigenvalue weighted by molar-refractivity contribution is 7.99. The molecule has 0 spiro atoms. The summed E-state index contributed by atoms with van der Waals surface area (Å²) in [5, 5.41) is 25.1. The zero-order valence-corrected chi connectivity index (χ0v) is 43.6. The monoisotopic (exact) mass is 909 g/mol. The van der Waals surface area contributed by atoms with Crippen molar-refractivity contribution in [3.05, 3.63) is 59.3 Å². The van der Waals surface area contributed by atoms with Crippen LogP contribution in [0.2, 0.25) is 23.7 Å². The van der Waals surface area contributed by atoms with Gasteiger partial charge in [0.1, 0.15) is 23.8 Å². The number of aliphatic carboxylic acids is 1. The molecule has 5 fully saturated rings. The summed E-state index contributed by atoms with van der Waals surface area (Å²) in [7, 11) is -2.31. The third-order valence-electron chi connectivity index (χ3n) is 21.3. The Balaban J connectivity index is 1.09. The topological polar surface area (TPSA) is 98.5 Å². The lowest BCUT2D eigenvalue weighted by Gasteiger charge is -2.72. The van der Waals surface area contributed by atoms with Crippen LogP contribution in [0.25, 0.3) is 0 Å². The minimum atomic E-state index is -2.31. The Morgan fingerprint density at radius 3 is 2.42 bits per heavy atom. The van der Waals surface area contributed by atoms with Crippen LogP contribution in [-0.4, -0.2) is 78.9 Å². The first-order chi connectivity index (χ1) is 30.0. The lowest BCUT2D eigenvalue weighted by atomic mass is 9.33. The quantitative estimate of drug-likeness (QED) is 0.167. The van der Waals surface area contributed by atoms with Gasteiger partial charge in [-0.25, -0.2) is 4.98 Å². The van der Waals surface area contributed by atoms with E-state index in [1.807, 2.05) is 0 Å². The Morgan fingerprint density at radius 1 is 1.02 bits per heavy atom. The maximum atomic E-state index is 13.8. The molecular weight excluding hydrogens is 825 g/mol. The Bertz CT molecular complexity index is 2080. The number of aromatic nitrogens is 1. The van der Waals surface area contributed by atoms with E-state index in [1.54, 1.807) is 18.2 Å². The van der Waals surface area contributed by atoms with Crippen LogP contribution in [0.3, 0.4) is 0 Å². The molecule has 8 rings (SSSR count). The van der Waals surface area contributed by atoms with Crippen molar-refractivity contribution >= 4 is 25.8 Å². The van der Waals surface area contributed by atoms with Gasteiger partial charge in [-0.1, -0.05) is 98.9 Å². The Labute approximate surface area is 393 Å².